The van der Waals surface area contributed by atoms with Crippen molar-refractivity contribution in [1.82, 2.24) is 16.2 Å². The number of anilines is 1. The number of sulfonamides is 1. The molecule has 1 saturated carbocycles. The molecule has 4 rings (SSSR count). The Morgan fingerprint density at radius 3 is 2.48 bits per heavy atom. The molecule has 1 heterocycles. The third-order valence-corrected chi connectivity index (χ3v) is 6.89. The zero-order valence-corrected chi connectivity index (χ0v) is 16.5. The van der Waals surface area contributed by atoms with E-state index in [-0.39, 0.29) is 16.8 Å². The molecule has 4 N–H and O–H groups in total. The molecule has 0 radical (unpaired) electrons. The highest BCUT2D eigenvalue weighted by Gasteiger charge is 2.34. The molecule has 2 aromatic rings. The molecule has 2 aromatic carbocycles. The molecule has 1 saturated heterocycles. The topological polar surface area (TPSA) is 99.3 Å². The Kier molecular flexibility index (Phi) is 5.53. The Morgan fingerprint density at radius 2 is 1.76 bits per heavy atom. The minimum absolute atomic E-state index is 0.0350. The first-order valence-corrected chi connectivity index (χ1v) is 11.1. The van der Waals surface area contributed by atoms with Crippen molar-refractivity contribution in [3.63, 3.8) is 0 Å². The maximum absolute atomic E-state index is 13.0. The number of carbonyl (C=O) groups is 1. The predicted octanol–water partition coefficient (Wildman–Crippen LogP) is 2.00. The zero-order valence-electron chi connectivity index (χ0n) is 15.7. The van der Waals surface area contributed by atoms with Gasteiger partial charge in [-0.25, -0.2) is 12.8 Å². The van der Waals surface area contributed by atoms with Gasteiger partial charge in [0, 0.05) is 29.9 Å². The number of hydrogen-bond donors (Lipinski definition) is 4. The van der Waals surface area contributed by atoms with Crippen LogP contribution in [0.2, 0.25) is 0 Å². The highest BCUT2D eigenvalue weighted by atomic mass is 32.2. The largest absolute Gasteiger partial charge is 0.349 e. The van der Waals surface area contributed by atoms with Gasteiger partial charge in [0.25, 0.3) is 15.9 Å². The van der Waals surface area contributed by atoms with E-state index >= 15 is 0 Å². The highest BCUT2D eigenvalue weighted by Crippen LogP contribution is 2.27. The molecule has 0 spiro atoms. The molecule has 3 unspecified atom stereocenters. The zero-order chi connectivity index (χ0) is 20.4. The summed E-state index contributed by atoms with van der Waals surface area (Å²) in [6, 6.07) is 11.5. The van der Waals surface area contributed by atoms with Gasteiger partial charge in [-0.15, -0.1) is 0 Å². The van der Waals surface area contributed by atoms with Gasteiger partial charge in [0.15, 0.2) is 0 Å². The van der Waals surface area contributed by atoms with Crippen molar-refractivity contribution >= 4 is 21.6 Å². The molecule has 1 aliphatic carbocycles. The molecule has 1 amide bonds. The van der Waals surface area contributed by atoms with Crippen molar-refractivity contribution in [2.24, 2.45) is 5.92 Å². The minimum atomic E-state index is -3.82. The van der Waals surface area contributed by atoms with Crippen LogP contribution in [0.1, 0.15) is 29.6 Å². The molecule has 2 aliphatic rings. The Bertz CT molecular complexity index is 980. The van der Waals surface area contributed by atoms with E-state index < -0.39 is 15.8 Å². The first-order valence-electron chi connectivity index (χ1n) is 9.58. The summed E-state index contributed by atoms with van der Waals surface area (Å²) in [6.45, 7) is 0.917. The summed E-state index contributed by atoms with van der Waals surface area (Å²) in [5.41, 5.74) is 7.24. The number of rotatable bonds is 5. The summed E-state index contributed by atoms with van der Waals surface area (Å²) in [5, 5.41) is 3.08. The third-order valence-electron chi connectivity index (χ3n) is 5.49. The van der Waals surface area contributed by atoms with Gasteiger partial charge in [-0.2, -0.15) is 0 Å². The van der Waals surface area contributed by atoms with Gasteiger partial charge in [0.05, 0.1) is 4.90 Å². The number of hydrazine groups is 1. The fourth-order valence-electron chi connectivity index (χ4n) is 3.92. The molecule has 9 heteroatoms. The van der Waals surface area contributed by atoms with Crippen molar-refractivity contribution in [2.45, 2.75) is 36.2 Å². The van der Waals surface area contributed by atoms with Crippen LogP contribution in [-0.2, 0) is 10.0 Å². The van der Waals surface area contributed by atoms with E-state index in [0.29, 0.717) is 23.2 Å². The Hall–Kier alpha value is -2.49. The second-order valence-electron chi connectivity index (χ2n) is 7.51. The number of hydrogen-bond acceptors (Lipinski definition) is 5. The van der Waals surface area contributed by atoms with Crippen molar-refractivity contribution in [3.8, 4) is 0 Å². The number of halogens is 1. The SMILES string of the molecule is O=C(NC1CCC2NNCC2C1)c1ccc(NS(=O)(=O)c2ccc(F)cc2)cc1. The number of fused-ring (bicyclic) bond motifs is 1. The summed E-state index contributed by atoms with van der Waals surface area (Å²) in [5.74, 6) is -0.147. The maximum atomic E-state index is 13.0. The molecule has 154 valence electrons. The smallest absolute Gasteiger partial charge is 0.261 e. The van der Waals surface area contributed by atoms with E-state index in [1.54, 1.807) is 12.1 Å². The molecule has 1 aliphatic heterocycles. The molecular formula is C20H23FN4O3S. The van der Waals surface area contributed by atoms with E-state index in [1.165, 1.54) is 24.3 Å². The fourth-order valence-corrected chi connectivity index (χ4v) is 4.98. The van der Waals surface area contributed by atoms with E-state index in [4.69, 9.17) is 0 Å². The van der Waals surface area contributed by atoms with Crippen LogP contribution in [0.15, 0.2) is 53.4 Å². The number of nitrogens with one attached hydrogen (secondary N) is 4. The van der Waals surface area contributed by atoms with Crippen molar-refractivity contribution in [1.29, 1.82) is 0 Å². The lowest BCUT2D eigenvalue weighted by molar-refractivity contribution is 0.0918. The van der Waals surface area contributed by atoms with Crippen LogP contribution < -0.4 is 20.9 Å². The normalized spacial score (nSPS) is 24.0. The second kappa shape index (κ2) is 8.10. The molecule has 0 aromatic heterocycles. The first-order chi connectivity index (χ1) is 13.9. The maximum Gasteiger partial charge on any atom is 0.261 e. The van der Waals surface area contributed by atoms with Crippen LogP contribution in [-0.4, -0.2) is 33.0 Å². The fraction of sp³-hybridized carbons (Fsp3) is 0.350. The van der Waals surface area contributed by atoms with E-state index in [0.717, 1.165) is 37.9 Å². The van der Waals surface area contributed by atoms with Gasteiger partial charge in [-0.3, -0.25) is 20.4 Å². The summed E-state index contributed by atoms with van der Waals surface area (Å²) < 4.78 is 40.1. The van der Waals surface area contributed by atoms with Crippen LogP contribution in [0.25, 0.3) is 0 Å². The summed E-state index contributed by atoms with van der Waals surface area (Å²) in [4.78, 5) is 12.5. The van der Waals surface area contributed by atoms with Gasteiger partial charge in [-0.1, -0.05) is 0 Å². The summed E-state index contributed by atoms with van der Waals surface area (Å²) >= 11 is 0. The van der Waals surface area contributed by atoms with Crippen LogP contribution >= 0.6 is 0 Å². The van der Waals surface area contributed by atoms with Crippen molar-refractivity contribution < 1.29 is 17.6 Å². The van der Waals surface area contributed by atoms with E-state index in [9.17, 15) is 17.6 Å². The summed E-state index contributed by atoms with van der Waals surface area (Å²) in [6.07, 6.45) is 2.88. The monoisotopic (exact) mass is 418 g/mol. The summed E-state index contributed by atoms with van der Waals surface area (Å²) in [7, 11) is -3.82. The second-order valence-corrected chi connectivity index (χ2v) is 9.19. The molecule has 3 atom stereocenters. The minimum Gasteiger partial charge on any atom is -0.349 e. The van der Waals surface area contributed by atoms with Gasteiger partial charge >= 0.3 is 0 Å². The molecule has 7 nitrogen and oxygen atoms in total. The lowest BCUT2D eigenvalue weighted by atomic mass is 9.83. The Morgan fingerprint density at radius 1 is 1.03 bits per heavy atom. The quantitative estimate of drug-likeness (QED) is 0.595. The lowest BCUT2D eigenvalue weighted by Crippen LogP contribution is -2.44. The number of benzene rings is 2. The van der Waals surface area contributed by atoms with Gasteiger partial charge in [0.2, 0.25) is 0 Å². The van der Waals surface area contributed by atoms with Crippen LogP contribution in [0.4, 0.5) is 10.1 Å². The predicted molar refractivity (Wildman–Crippen MR) is 107 cm³/mol. The van der Waals surface area contributed by atoms with E-state index in [2.05, 4.69) is 20.9 Å². The van der Waals surface area contributed by atoms with Crippen LogP contribution in [0, 0.1) is 11.7 Å². The average Bonchev–Trinajstić information content (AvgIpc) is 3.16. The van der Waals surface area contributed by atoms with Gasteiger partial charge in [-0.05, 0) is 73.7 Å². The average molecular weight is 418 g/mol. The van der Waals surface area contributed by atoms with Crippen LogP contribution in [0.3, 0.4) is 0 Å². The van der Waals surface area contributed by atoms with Gasteiger partial charge < -0.3 is 5.32 Å². The highest BCUT2D eigenvalue weighted by molar-refractivity contribution is 7.92. The lowest BCUT2D eigenvalue weighted by Gasteiger charge is -2.31. The van der Waals surface area contributed by atoms with Crippen LogP contribution in [0.5, 0.6) is 0 Å². The molecule has 0 bridgehead atoms. The standard InChI is InChI=1S/C20H23FN4O3S/c21-15-3-8-18(9-4-15)29(27,28)25-16-5-1-13(2-6-16)20(26)23-17-7-10-19-14(11-17)12-22-24-19/h1-6,8-9,14,17,19,22,24-25H,7,10-12H2,(H,23,26). The van der Waals surface area contributed by atoms with Crippen molar-refractivity contribution in [3.05, 3.63) is 59.9 Å². The molecule has 2 fully saturated rings. The molecular weight excluding hydrogens is 395 g/mol. The van der Waals surface area contributed by atoms with Gasteiger partial charge in [0.1, 0.15) is 5.82 Å². The number of carbonyl (C=O) groups excluding carboxylic acids is 1. The Balaban J connectivity index is 1.37. The van der Waals surface area contributed by atoms with E-state index in [1.807, 2.05) is 0 Å². The molecule has 29 heavy (non-hydrogen) atoms. The number of amides is 1. The third kappa shape index (κ3) is 4.58. The van der Waals surface area contributed by atoms with Crippen molar-refractivity contribution in [2.75, 3.05) is 11.3 Å². The first kappa shape index (κ1) is 19.8. The Labute approximate surface area is 169 Å².